The molecule has 1 aliphatic rings. The van der Waals surface area contributed by atoms with Crippen LogP contribution in [-0.2, 0) is 4.79 Å². The van der Waals surface area contributed by atoms with Gasteiger partial charge in [-0.3, -0.25) is 9.59 Å². The highest BCUT2D eigenvalue weighted by atomic mass is 35.5. The van der Waals surface area contributed by atoms with Crippen molar-refractivity contribution < 1.29 is 14.7 Å². The number of hydrogen-bond acceptors (Lipinski definition) is 2. The maximum Gasteiger partial charge on any atom is 0.323 e. The molecule has 1 N–H and O–H groups in total. The molecular formula is C14H16ClNO3. The molecule has 0 saturated heterocycles. The Morgan fingerprint density at radius 2 is 2.05 bits per heavy atom. The number of carboxylic acids is 1. The Bertz CT molecular complexity index is 491. The van der Waals surface area contributed by atoms with Gasteiger partial charge in [0.25, 0.3) is 5.91 Å². The molecule has 5 heteroatoms. The van der Waals surface area contributed by atoms with E-state index in [-0.39, 0.29) is 12.5 Å². The number of amides is 1. The molecular weight excluding hydrogens is 266 g/mol. The zero-order chi connectivity index (χ0) is 14.0. The highest BCUT2D eigenvalue weighted by Gasteiger charge is 2.28. The number of aryl methyl sites for hydroxylation is 1. The number of hydrogen-bond donors (Lipinski definition) is 1. The van der Waals surface area contributed by atoms with E-state index in [0.717, 1.165) is 18.4 Å². The predicted molar refractivity (Wildman–Crippen MR) is 72.5 cm³/mol. The molecule has 0 atom stereocenters. The van der Waals surface area contributed by atoms with Crippen molar-refractivity contribution in [3.05, 3.63) is 34.3 Å². The van der Waals surface area contributed by atoms with Crippen molar-refractivity contribution in [2.24, 2.45) is 5.92 Å². The average Bonchev–Trinajstić information content (AvgIpc) is 3.09. The molecule has 2 rings (SSSR count). The van der Waals surface area contributed by atoms with Crippen LogP contribution in [0, 0.1) is 12.8 Å². The second kappa shape index (κ2) is 5.61. The molecule has 0 bridgehead atoms. The van der Waals surface area contributed by atoms with Crippen molar-refractivity contribution >= 4 is 23.5 Å². The topological polar surface area (TPSA) is 57.6 Å². The molecule has 1 aromatic rings. The molecule has 102 valence electrons. The van der Waals surface area contributed by atoms with E-state index in [2.05, 4.69) is 0 Å². The first kappa shape index (κ1) is 13.9. The zero-order valence-corrected chi connectivity index (χ0v) is 11.5. The second-order valence-corrected chi connectivity index (χ2v) is 5.48. The van der Waals surface area contributed by atoms with E-state index in [9.17, 15) is 9.59 Å². The minimum Gasteiger partial charge on any atom is -0.480 e. The van der Waals surface area contributed by atoms with Crippen LogP contribution in [0.5, 0.6) is 0 Å². The molecule has 1 fully saturated rings. The van der Waals surface area contributed by atoms with Gasteiger partial charge in [0.1, 0.15) is 6.54 Å². The number of halogens is 1. The lowest BCUT2D eigenvalue weighted by Crippen LogP contribution is -2.37. The molecule has 0 aromatic heterocycles. The lowest BCUT2D eigenvalue weighted by molar-refractivity contribution is -0.137. The second-order valence-electron chi connectivity index (χ2n) is 5.04. The number of aliphatic carboxylic acids is 1. The highest BCUT2D eigenvalue weighted by molar-refractivity contribution is 6.31. The predicted octanol–water partition coefficient (Wildman–Crippen LogP) is 2.59. The van der Waals surface area contributed by atoms with Crippen LogP contribution in [-0.4, -0.2) is 35.0 Å². The highest BCUT2D eigenvalue weighted by Crippen LogP contribution is 2.30. The normalized spacial score (nSPS) is 14.2. The van der Waals surface area contributed by atoms with Gasteiger partial charge in [0, 0.05) is 17.1 Å². The zero-order valence-electron chi connectivity index (χ0n) is 10.7. The first-order valence-corrected chi connectivity index (χ1v) is 6.62. The lowest BCUT2D eigenvalue weighted by Gasteiger charge is -2.21. The summed E-state index contributed by atoms with van der Waals surface area (Å²) in [4.78, 5) is 24.6. The summed E-state index contributed by atoms with van der Waals surface area (Å²) in [6.07, 6.45) is 2.13. The fourth-order valence-electron chi connectivity index (χ4n) is 2.04. The third-order valence-electron chi connectivity index (χ3n) is 3.08. The van der Waals surface area contributed by atoms with E-state index >= 15 is 0 Å². The van der Waals surface area contributed by atoms with Gasteiger partial charge in [-0.05, 0) is 49.4 Å². The number of carboxylic acid groups (broad SMARTS) is 1. The van der Waals surface area contributed by atoms with Gasteiger partial charge in [-0.1, -0.05) is 11.6 Å². The van der Waals surface area contributed by atoms with E-state index < -0.39 is 5.97 Å². The van der Waals surface area contributed by atoms with Gasteiger partial charge in [-0.25, -0.2) is 0 Å². The summed E-state index contributed by atoms with van der Waals surface area (Å²) in [5, 5.41) is 9.39. The largest absolute Gasteiger partial charge is 0.480 e. The van der Waals surface area contributed by atoms with Crippen LogP contribution in [0.3, 0.4) is 0 Å². The molecule has 0 spiro atoms. The molecule has 0 aliphatic heterocycles. The Morgan fingerprint density at radius 1 is 1.37 bits per heavy atom. The van der Waals surface area contributed by atoms with Crippen molar-refractivity contribution in [3.8, 4) is 0 Å². The Balaban J connectivity index is 2.18. The van der Waals surface area contributed by atoms with E-state index in [1.54, 1.807) is 18.2 Å². The summed E-state index contributed by atoms with van der Waals surface area (Å²) in [5.74, 6) is -0.809. The van der Waals surface area contributed by atoms with Crippen molar-refractivity contribution in [2.45, 2.75) is 19.8 Å². The monoisotopic (exact) mass is 281 g/mol. The molecule has 19 heavy (non-hydrogen) atoms. The summed E-state index contributed by atoms with van der Waals surface area (Å²) in [7, 11) is 0. The Labute approximate surface area is 117 Å². The summed E-state index contributed by atoms with van der Waals surface area (Å²) < 4.78 is 0. The first-order valence-electron chi connectivity index (χ1n) is 6.24. The number of benzene rings is 1. The Morgan fingerprint density at radius 3 is 2.58 bits per heavy atom. The van der Waals surface area contributed by atoms with Crippen molar-refractivity contribution in [2.75, 3.05) is 13.1 Å². The van der Waals surface area contributed by atoms with E-state index in [0.29, 0.717) is 23.0 Å². The minimum atomic E-state index is -0.993. The molecule has 1 saturated carbocycles. The standard InChI is InChI=1S/C14H16ClNO3/c1-9-4-11(6-12(15)5-9)14(19)16(8-13(17)18)7-10-2-3-10/h4-6,10H,2-3,7-8H2,1H3,(H,17,18). The minimum absolute atomic E-state index is 0.263. The number of rotatable bonds is 5. The molecule has 4 nitrogen and oxygen atoms in total. The number of carbonyl (C=O) groups is 2. The summed E-state index contributed by atoms with van der Waals surface area (Å²) in [6.45, 7) is 2.10. The molecule has 1 aliphatic carbocycles. The molecule has 1 amide bonds. The third-order valence-corrected chi connectivity index (χ3v) is 3.30. The van der Waals surface area contributed by atoms with Crippen LogP contribution in [0.15, 0.2) is 18.2 Å². The van der Waals surface area contributed by atoms with Gasteiger partial charge < -0.3 is 10.0 Å². The van der Waals surface area contributed by atoms with Gasteiger partial charge in [-0.2, -0.15) is 0 Å². The SMILES string of the molecule is Cc1cc(Cl)cc(C(=O)N(CC(=O)O)CC2CC2)c1. The van der Waals surface area contributed by atoms with Crippen LogP contribution in [0.1, 0.15) is 28.8 Å². The van der Waals surface area contributed by atoms with E-state index in [1.807, 2.05) is 6.92 Å². The van der Waals surface area contributed by atoms with Crippen molar-refractivity contribution in [1.82, 2.24) is 4.90 Å². The fourth-order valence-corrected chi connectivity index (χ4v) is 2.33. The Kier molecular flexibility index (Phi) is 4.10. The summed E-state index contributed by atoms with van der Waals surface area (Å²) in [6, 6.07) is 5.08. The molecule has 0 radical (unpaired) electrons. The Hall–Kier alpha value is -1.55. The third kappa shape index (κ3) is 3.96. The smallest absolute Gasteiger partial charge is 0.323 e. The number of carbonyl (C=O) groups excluding carboxylic acids is 1. The van der Waals surface area contributed by atoms with Crippen molar-refractivity contribution in [3.63, 3.8) is 0 Å². The van der Waals surface area contributed by atoms with Gasteiger partial charge in [-0.15, -0.1) is 0 Å². The van der Waals surface area contributed by atoms with E-state index in [1.165, 1.54) is 4.90 Å². The van der Waals surface area contributed by atoms with Gasteiger partial charge in [0.2, 0.25) is 0 Å². The van der Waals surface area contributed by atoms with Crippen LogP contribution in [0.4, 0.5) is 0 Å². The van der Waals surface area contributed by atoms with Crippen LogP contribution in [0.2, 0.25) is 5.02 Å². The van der Waals surface area contributed by atoms with Crippen LogP contribution < -0.4 is 0 Å². The average molecular weight is 282 g/mol. The van der Waals surface area contributed by atoms with Crippen molar-refractivity contribution in [1.29, 1.82) is 0 Å². The summed E-state index contributed by atoms with van der Waals surface area (Å²) >= 11 is 5.94. The quantitative estimate of drug-likeness (QED) is 0.902. The first-order chi connectivity index (χ1) is 8.95. The van der Waals surface area contributed by atoms with Gasteiger partial charge >= 0.3 is 5.97 Å². The lowest BCUT2D eigenvalue weighted by atomic mass is 10.1. The van der Waals surface area contributed by atoms with Crippen LogP contribution >= 0.6 is 11.6 Å². The van der Waals surface area contributed by atoms with Gasteiger partial charge in [0.05, 0.1) is 0 Å². The fraction of sp³-hybridized carbons (Fsp3) is 0.429. The van der Waals surface area contributed by atoms with Gasteiger partial charge in [0.15, 0.2) is 0 Å². The van der Waals surface area contributed by atoms with Crippen LogP contribution in [0.25, 0.3) is 0 Å². The summed E-state index contributed by atoms with van der Waals surface area (Å²) in [5.41, 5.74) is 1.34. The van der Waals surface area contributed by atoms with E-state index in [4.69, 9.17) is 16.7 Å². The molecule has 0 heterocycles. The molecule has 0 unspecified atom stereocenters. The molecule has 1 aromatic carbocycles. The maximum absolute atomic E-state index is 12.4. The number of nitrogens with zero attached hydrogens (tertiary/aromatic N) is 1. The maximum atomic E-state index is 12.4.